The van der Waals surface area contributed by atoms with Crippen molar-refractivity contribution in [1.82, 2.24) is 15.8 Å². The highest BCUT2D eigenvalue weighted by molar-refractivity contribution is 9.10. The summed E-state index contributed by atoms with van der Waals surface area (Å²) in [5.74, 6) is -1.19. The maximum Gasteiger partial charge on any atom is 0.286 e. The van der Waals surface area contributed by atoms with E-state index in [0.29, 0.717) is 10.0 Å². The molecule has 114 valence electrons. The van der Waals surface area contributed by atoms with E-state index in [4.69, 9.17) is 0 Å². The summed E-state index contributed by atoms with van der Waals surface area (Å²) in [6, 6.07) is 5.60. The van der Waals surface area contributed by atoms with E-state index in [0.717, 1.165) is 6.07 Å². The zero-order chi connectivity index (χ0) is 16.3. The minimum atomic E-state index is -0.651. The van der Waals surface area contributed by atoms with Crippen LogP contribution in [0.2, 0.25) is 0 Å². The second-order valence-corrected chi connectivity index (χ2v) is 5.31. The number of nitrogens with zero attached hydrogens (tertiary/aromatic N) is 1. The predicted octanol–water partition coefficient (Wildman–Crippen LogP) is 2.07. The van der Waals surface area contributed by atoms with E-state index in [1.807, 2.05) is 0 Å². The Morgan fingerprint density at radius 1 is 1.23 bits per heavy atom. The Bertz CT molecular complexity index is 756. The quantitative estimate of drug-likeness (QED) is 0.569. The van der Waals surface area contributed by atoms with Crippen molar-refractivity contribution >= 4 is 33.4 Å². The lowest BCUT2D eigenvalue weighted by Gasteiger charge is -2.07. The van der Waals surface area contributed by atoms with Crippen molar-refractivity contribution in [2.45, 2.75) is 6.92 Å². The molecule has 0 fully saturated rings. The first-order valence-electron chi connectivity index (χ1n) is 6.08. The average Bonchev–Trinajstić information content (AvgIpc) is 2.91. The lowest BCUT2D eigenvalue weighted by Crippen LogP contribution is -2.41. The fourth-order valence-corrected chi connectivity index (χ4v) is 2.04. The maximum atomic E-state index is 11.9. The van der Waals surface area contributed by atoms with Gasteiger partial charge in [-0.3, -0.25) is 30.6 Å². The van der Waals surface area contributed by atoms with Crippen LogP contribution in [0.5, 0.6) is 0 Å². The molecule has 0 saturated heterocycles. The molecule has 0 radical (unpaired) electrons. The number of benzene rings is 1. The summed E-state index contributed by atoms with van der Waals surface area (Å²) in [5, 5.41) is 10.8. The third kappa shape index (κ3) is 3.50. The standard InChI is InChI=1S/C13H11BrN4O4/c1-7-2-3-8(4-11(7)18(21)22)12(19)16-17-13(20)10-5-9(14)6-15-10/h2-6,15H,1H3,(H,16,19)(H,17,20). The lowest BCUT2D eigenvalue weighted by atomic mass is 10.1. The number of nitrogens with one attached hydrogen (secondary N) is 3. The lowest BCUT2D eigenvalue weighted by molar-refractivity contribution is -0.385. The molecule has 1 aromatic carbocycles. The van der Waals surface area contributed by atoms with Gasteiger partial charge in [-0.15, -0.1) is 0 Å². The predicted molar refractivity (Wildman–Crippen MR) is 81.3 cm³/mol. The second-order valence-electron chi connectivity index (χ2n) is 4.40. The molecule has 0 aliphatic carbocycles. The van der Waals surface area contributed by atoms with E-state index in [9.17, 15) is 19.7 Å². The van der Waals surface area contributed by atoms with Crippen molar-refractivity contribution in [3.05, 3.63) is 61.9 Å². The van der Waals surface area contributed by atoms with E-state index in [-0.39, 0.29) is 16.9 Å². The van der Waals surface area contributed by atoms with Gasteiger partial charge >= 0.3 is 0 Å². The van der Waals surface area contributed by atoms with Gasteiger partial charge in [0.05, 0.1) is 4.92 Å². The molecule has 0 saturated carbocycles. The monoisotopic (exact) mass is 366 g/mol. The number of aromatic amines is 1. The summed E-state index contributed by atoms with van der Waals surface area (Å²) in [5.41, 5.74) is 5.02. The van der Waals surface area contributed by atoms with Crippen molar-refractivity contribution in [2.75, 3.05) is 0 Å². The van der Waals surface area contributed by atoms with Gasteiger partial charge in [-0.2, -0.15) is 0 Å². The number of hydrazine groups is 1. The van der Waals surface area contributed by atoms with Gasteiger partial charge in [-0.05, 0) is 35.0 Å². The Morgan fingerprint density at radius 2 is 1.91 bits per heavy atom. The maximum absolute atomic E-state index is 11.9. The van der Waals surface area contributed by atoms with Crippen LogP contribution >= 0.6 is 15.9 Å². The molecule has 1 heterocycles. The highest BCUT2D eigenvalue weighted by atomic mass is 79.9. The SMILES string of the molecule is Cc1ccc(C(=O)NNC(=O)c2cc(Br)c[nH]2)cc1[N+](=O)[O-]. The number of halogens is 1. The van der Waals surface area contributed by atoms with Crippen molar-refractivity contribution in [3.8, 4) is 0 Å². The summed E-state index contributed by atoms with van der Waals surface area (Å²) in [6.07, 6.45) is 1.57. The molecule has 0 atom stereocenters. The molecule has 0 spiro atoms. The normalized spacial score (nSPS) is 10.1. The minimum absolute atomic E-state index is 0.0743. The summed E-state index contributed by atoms with van der Waals surface area (Å²) in [6.45, 7) is 1.57. The van der Waals surface area contributed by atoms with Gasteiger partial charge in [-0.25, -0.2) is 0 Å². The molecule has 0 aliphatic heterocycles. The molecule has 2 rings (SSSR count). The van der Waals surface area contributed by atoms with Crippen LogP contribution in [0.4, 0.5) is 5.69 Å². The number of carbonyl (C=O) groups is 2. The number of carbonyl (C=O) groups excluding carboxylic acids is 2. The molecule has 2 amide bonds. The summed E-state index contributed by atoms with van der Waals surface area (Å²) in [4.78, 5) is 36.6. The summed E-state index contributed by atoms with van der Waals surface area (Å²) in [7, 11) is 0. The largest absolute Gasteiger partial charge is 0.356 e. The first-order valence-corrected chi connectivity index (χ1v) is 6.87. The van der Waals surface area contributed by atoms with Crippen molar-refractivity contribution < 1.29 is 14.5 Å². The number of H-pyrrole nitrogens is 1. The molecule has 0 unspecified atom stereocenters. The van der Waals surface area contributed by atoms with Crippen molar-refractivity contribution in [2.24, 2.45) is 0 Å². The Morgan fingerprint density at radius 3 is 2.50 bits per heavy atom. The van der Waals surface area contributed by atoms with Crippen LogP contribution in [-0.4, -0.2) is 21.7 Å². The minimum Gasteiger partial charge on any atom is -0.356 e. The van der Waals surface area contributed by atoms with E-state index in [2.05, 4.69) is 31.8 Å². The van der Waals surface area contributed by atoms with Crippen LogP contribution in [0.3, 0.4) is 0 Å². The number of hydrogen-bond donors (Lipinski definition) is 3. The zero-order valence-corrected chi connectivity index (χ0v) is 12.9. The van der Waals surface area contributed by atoms with Crippen LogP contribution in [0.1, 0.15) is 26.4 Å². The number of aromatic nitrogens is 1. The number of nitro groups is 1. The smallest absolute Gasteiger partial charge is 0.286 e. The Balaban J connectivity index is 2.05. The molecule has 3 N–H and O–H groups in total. The molecule has 9 heteroatoms. The van der Waals surface area contributed by atoms with E-state index in [1.54, 1.807) is 13.1 Å². The number of nitro benzene ring substituents is 1. The highest BCUT2D eigenvalue weighted by Gasteiger charge is 2.16. The van der Waals surface area contributed by atoms with E-state index < -0.39 is 16.7 Å². The third-order valence-corrected chi connectivity index (χ3v) is 3.31. The molecular formula is C13H11BrN4O4. The number of rotatable bonds is 3. The van der Waals surface area contributed by atoms with Gasteiger partial charge in [0, 0.05) is 27.9 Å². The van der Waals surface area contributed by atoms with Crippen LogP contribution < -0.4 is 10.9 Å². The first-order chi connectivity index (χ1) is 10.4. The molecule has 2 aromatic rings. The van der Waals surface area contributed by atoms with Gasteiger partial charge in [0.15, 0.2) is 0 Å². The van der Waals surface area contributed by atoms with Gasteiger partial charge in [0.1, 0.15) is 5.69 Å². The highest BCUT2D eigenvalue weighted by Crippen LogP contribution is 2.19. The molecule has 22 heavy (non-hydrogen) atoms. The van der Waals surface area contributed by atoms with Crippen LogP contribution in [0, 0.1) is 17.0 Å². The average molecular weight is 367 g/mol. The summed E-state index contributed by atoms with van der Waals surface area (Å²) >= 11 is 3.18. The van der Waals surface area contributed by atoms with Gasteiger partial charge in [-0.1, -0.05) is 6.07 Å². The van der Waals surface area contributed by atoms with Crippen LogP contribution in [0.15, 0.2) is 34.9 Å². The fraction of sp³-hybridized carbons (Fsp3) is 0.0769. The van der Waals surface area contributed by atoms with Gasteiger partial charge < -0.3 is 4.98 Å². The van der Waals surface area contributed by atoms with Gasteiger partial charge in [0.2, 0.25) is 0 Å². The molecular weight excluding hydrogens is 356 g/mol. The Labute approximate surface area is 133 Å². The molecule has 8 nitrogen and oxygen atoms in total. The Kier molecular flexibility index (Phi) is 4.56. The Hall–Kier alpha value is -2.68. The summed E-state index contributed by atoms with van der Waals surface area (Å²) < 4.78 is 0.693. The van der Waals surface area contributed by atoms with Crippen LogP contribution in [-0.2, 0) is 0 Å². The number of aryl methyl sites for hydroxylation is 1. The first kappa shape index (κ1) is 15.7. The second kappa shape index (κ2) is 6.39. The van der Waals surface area contributed by atoms with Crippen molar-refractivity contribution in [1.29, 1.82) is 0 Å². The topological polar surface area (TPSA) is 117 Å². The molecule has 0 bridgehead atoms. The van der Waals surface area contributed by atoms with Gasteiger partial charge in [0.25, 0.3) is 17.5 Å². The van der Waals surface area contributed by atoms with Crippen LogP contribution in [0.25, 0.3) is 0 Å². The number of hydrogen-bond acceptors (Lipinski definition) is 4. The number of amides is 2. The molecule has 0 aliphatic rings. The van der Waals surface area contributed by atoms with E-state index >= 15 is 0 Å². The zero-order valence-electron chi connectivity index (χ0n) is 11.3. The van der Waals surface area contributed by atoms with E-state index in [1.165, 1.54) is 18.2 Å². The molecule has 1 aromatic heterocycles. The fourth-order valence-electron chi connectivity index (χ4n) is 1.70. The van der Waals surface area contributed by atoms with Crippen molar-refractivity contribution in [3.63, 3.8) is 0 Å². The third-order valence-electron chi connectivity index (χ3n) is 2.85.